The number of aromatic amines is 1. The van der Waals surface area contributed by atoms with Crippen molar-refractivity contribution in [1.82, 2.24) is 20.0 Å². The van der Waals surface area contributed by atoms with Crippen LogP contribution >= 0.6 is 0 Å². The Morgan fingerprint density at radius 2 is 2.15 bits per heavy atom. The van der Waals surface area contributed by atoms with E-state index in [2.05, 4.69) is 20.4 Å². The lowest BCUT2D eigenvalue weighted by Gasteiger charge is -2.26. The molecular formula is C18H21N5O3. The molecule has 0 bridgehead atoms. The molecule has 2 aromatic heterocycles. The molecule has 0 aliphatic rings. The fourth-order valence-electron chi connectivity index (χ4n) is 2.75. The minimum absolute atomic E-state index is 0.183. The molecule has 136 valence electrons. The summed E-state index contributed by atoms with van der Waals surface area (Å²) in [6.07, 6.45) is 0. The predicted octanol–water partition coefficient (Wildman–Crippen LogP) is 2.07. The van der Waals surface area contributed by atoms with Crippen LogP contribution in [0.25, 0.3) is 10.9 Å². The number of fused-ring (bicyclic) bond motifs is 1. The van der Waals surface area contributed by atoms with E-state index in [0.29, 0.717) is 41.4 Å². The van der Waals surface area contributed by atoms with Crippen LogP contribution in [0.1, 0.15) is 25.4 Å². The van der Waals surface area contributed by atoms with Gasteiger partial charge in [0.2, 0.25) is 5.91 Å². The number of para-hydroxylation sites is 1. The molecular weight excluding hydrogens is 334 g/mol. The van der Waals surface area contributed by atoms with Gasteiger partial charge in [-0.15, -0.1) is 0 Å². The first-order valence-electron chi connectivity index (χ1n) is 8.44. The van der Waals surface area contributed by atoms with E-state index in [1.54, 1.807) is 38.1 Å². The van der Waals surface area contributed by atoms with Crippen molar-refractivity contribution < 1.29 is 9.32 Å². The fraction of sp³-hybridized carbons (Fsp3) is 0.333. The maximum atomic E-state index is 12.5. The zero-order valence-electron chi connectivity index (χ0n) is 14.9. The van der Waals surface area contributed by atoms with Gasteiger partial charge in [0.1, 0.15) is 11.6 Å². The Labute approximate surface area is 150 Å². The third-order valence-corrected chi connectivity index (χ3v) is 4.23. The van der Waals surface area contributed by atoms with Gasteiger partial charge in [-0.3, -0.25) is 14.5 Å². The number of amides is 1. The topological polar surface area (TPSA) is 104 Å². The van der Waals surface area contributed by atoms with Crippen LogP contribution in [0.15, 0.2) is 39.6 Å². The molecule has 26 heavy (non-hydrogen) atoms. The van der Waals surface area contributed by atoms with Crippen LogP contribution in [-0.4, -0.2) is 38.5 Å². The van der Waals surface area contributed by atoms with Gasteiger partial charge >= 0.3 is 0 Å². The first-order chi connectivity index (χ1) is 12.5. The van der Waals surface area contributed by atoms with Crippen LogP contribution in [0.3, 0.4) is 0 Å². The standard InChI is InChI=1S/C18H21N5O3/c1-4-23(12(3)17(24)20-15-9-11(2)26-22-15)10-16-19-14-8-6-5-7-13(14)18(25)21-16/h5-9,12H,4,10H2,1-3H3,(H,19,21,25)(H,20,22,24). The summed E-state index contributed by atoms with van der Waals surface area (Å²) in [6.45, 7) is 6.46. The minimum atomic E-state index is -0.436. The molecule has 0 aliphatic heterocycles. The highest BCUT2D eigenvalue weighted by Gasteiger charge is 2.22. The molecule has 0 saturated carbocycles. The van der Waals surface area contributed by atoms with Gasteiger partial charge in [0.05, 0.1) is 23.5 Å². The third kappa shape index (κ3) is 3.80. The van der Waals surface area contributed by atoms with Crippen molar-refractivity contribution in [3.8, 4) is 0 Å². The van der Waals surface area contributed by atoms with Gasteiger partial charge in [-0.25, -0.2) is 4.98 Å². The number of aromatic nitrogens is 3. The van der Waals surface area contributed by atoms with Crippen LogP contribution in [0, 0.1) is 6.92 Å². The number of carbonyl (C=O) groups is 1. The lowest BCUT2D eigenvalue weighted by molar-refractivity contribution is -0.121. The summed E-state index contributed by atoms with van der Waals surface area (Å²) in [5.41, 5.74) is 0.453. The van der Waals surface area contributed by atoms with Gasteiger partial charge in [-0.1, -0.05) is 24.2 Å². The van der Waals surface area contributed by atoms with E-state index in [-0.39, 0.29) is 11.5 Å². The minimum Gasteiger partial charge on any atom is -0.360 e. The highest BCUT2D eigenvalue weighted by atomic mass is 16.5. The maximum Gasteiger partial charge on any atom is 0.258 e. The normalized spacial score (nSPS) is 12.5. The van der Waals surface area contributed by atoms with Gasteiger partial charge in [0.25, 0.3) is 5.56 Å². The number of hydrogen-bond acceptors (Lipinski definition) is 6. The van der Waals surface area contributed by atoms with Crippen molar-refractivity contribution in [3.63, 3.8) is 0 Å². The quantitative estimate of drug-likeness (QED) is 0.701. The molecule has 2 heterocycles. The van der Waals surface area contributed by atoms with Crippen LogP contribution in [-0.2, 0) is 11.3 Å². The summed E-state index contributed by atoms with van der Waals surface area (Å²) in [6, 6.07) is 8.39. The van der Waals surface area contributed by atoms with E-state index in [1.807, 2.05) is 17.9 Å². The average Bonchev–Trinajstić information content (AvgIpc) is 3.04. The Balaban J connectivity index is 1.76. The van der Waals surface area contributed by atoms with Crippen LogP contribution in [0.4, 0.5) is 5.82 Å². The number of anilines is 1. The van der Waals surface area contributed by atoms with E-state index in [0.717, 1.165) is 0 Å². The average molecular weight is 355 g/mol. The molecule has 0 aliphatic carbocycles. The second kappa shape index (κ2) is 7.49. The van der Waals surface area contributed by atoms with Crippen molar-refractivity contribution >= 4 is 22.6 Å². The maximum absolute atomic E-state index is 12.5. The molecule has 1 atom stereocenters. The van der Waals surface area contributed by atoms with E-state index in [9.17, 15) is 9.59 Å². The van der Waals surface area contributed by atoms with Crippen molar-refractivity contribution in [3.05, 3.63) is 52.3 Å². The molecule has 1 unspecified atom stereocenters. The summed E-state index contributed by atoms with van der Waals surface area (Å²) < 4.78 is 4.95. The van der Waals surface area contributed by atoms with E-state index in [4.69, 9.17) is 4.52 Å². The second-order valence-electron chi connectivity index (χ2n) is 6.08. The number of carbonyl (C=O) groups excluding carboxylic acids is 1. The van der Waals surface area contributed by atoms with Gasteiger partial charge in [-0.05, 0) is 32.5 Å². The number of likely N-dealkylation sites (N-methyl/N-ethyl adjacent to an activating group) is 1. The molecule has 0 fully saturated rings. The highest BCUT2D eigenvalue weighted by Crippen LogP contribution is 2.12. The molecule has 1 aromatic carbocycles. The van der Waals surface area contributed by atoms with E-state index in [1.165, 1.54) is 0 Å². The zero-order valence-corrected chi connectivity index (χ0v) is 14.9. The molecule has 2 N–H and O–H groups in total. The zero-order chi connectivity index (χ0) is 18.7. The molecule has 1 amide bonds. The van der Waals surface area contributed by atoms with Gasteiger partial charge < -0.3 is 14.8 Å². The molecule has 0 saturated heterocycles. The Kier molecular flexibility index (Phi) is 5.13. The second-order valence-corrected chi connectivity index (χ2v) is 6.08. The lowest BCUT2D eigenvalue weighted by atomic mass is 10.2. The fourth-order valence-corrected chi connectivity index (χ4v) is 2.75. The Hall–Kier alpha value is -3.00. The summed E-state index contributed by atoms with van der Waals surface area (Å²) in [5, 5.41) is 7.04. The number of rotatable bonds is 6. The molecule has 8 nitrogen and oxygen atoms in total. The smallest absolute Gasteiger partial charge is 0.258 e. The molecule has 3 rings (SSSR count). The number of hydrogen-bond donors (Lipinski definition) is 2. The summed E-state index contributed by atoms with van der Waals surface area (Å²) in [4.78, 5) is 33.9. The Bertz CT molecular complexity index is 978. The highest BCUT2D eigenvalue weighted by molar-refractivity contribution is 5.93. The SMILES string of the molecule is CCN(Cc1nc2ccccc2c(=O)[nH]1)C(C)C(=O)Nc1cc(C)on1. The first kappa shape index (κ1) is 17.8. The third-order valence-electron chi connectivity index (χ3n) is 4.23. The van der Waals surface area contributed by atoms with Gasteiger partial charge in [-0.2, -0.15) is 0 Å². The number of nitrogens with zero attached hydrogens (tertiary/aromatic N) is 3. The molecule has 3 aromatic rings. The molecule has 8 heteroatoms. The Morgan fingerprint density at radius 3 is 2.85 bits per heavy atom. The van der Waals surface area contributed by atoms with Gasteiger partial charge in [0, 0.05) is 6.07 Å². The molecule has 0 radical (unpaired) electrons. The number of aryl methyl sites for hydroxylation is 1. The summed E-state index contributed by atoms with van der Waals surface area (Å²) in [7, 11) is 0. The van der Waals surface area contributed by atoms with E-state index >= 15 is 0 Å². The van der Waals surface area contributed by atoms with E-state index < -0.39 is 6.04 Å². The van der Waals surface area contributed by atoms with Gasteiger partial charge in [0.15, 0.2) is 5.82 Å². The number of H-pyrrole nitrogens is 1. The largest absolute Gasteiger partial charge is 0.360 e. The van der Waals surface area contributed by atoms with Crippen LogP contribution in [0.2, 0.25) is 0 Å². The molecule has 0 spiro atoms. The summed E-state index contributed by atoms with van der Waals surface area (Å²) >= 11 is 0. The predicted molar refractivity (Wildman–Crippen MR) is 97.8 cm³/mol. The summed E-state index contributed by atoms with van der Waals surface area (Å²) in [5.74, 6) is 1.32. The van der Waals surface area contributed by atoms with Crippen molar-refractivity contribution in [2.75, 3.05) is 11.9 Å². The van der Waals surface area contributed by atoms with Crippen LogP contribution in [0.5, 0.6) is 0 Å². The van der Waals surface area contributed by atoms with Crippen molar-refractivity contribution in [2.24, 2.45) is 0 Å². The van der Waals surface area contributed by atoms with Crippen molar-refractivity contribution in [2.45, 2.75) is 33.4 Å². The first-order valence-corrected chi connectivity index (χ1v) is 8.44. The Morgan fingerprint density at radius 1 is 1.38 bits per heavy atom. The number of benzene rings is 1. The van der Waals surface area contributed by atoms with Crippen molar-refractivity contribution in [1.29, 1.82) is 0 Å². The monoisotopic (exact) mass is 355 g/mol. The van der Waals surface area contributed by atoms with Crippen LogP contribution < -0.4 is 10.9 Å². The lowest BCUT2D eigenvalue weighted by Crippen LogP contribution is -2.42. The number of nitrogens with one attached hydrogen (secondary N) is 2.